The molecule has 0 amide bonds. The van der Waals surface area contributed by atoms with Gasteiger partial charge < -0.3 is 14.6 Å². The molecule has 1 N–H and O–H groups in total. The zero-order chi connectivity index (χ0) is 18.4. The molecule has 0 aliphatic carbocycles. The second-order valence-electron chi connectivity index (χ2n) is 6.46. The van der Waals surface area contributed by atoms with Crippen molar-refractivity contribution in [2.24, 2.45) is 7.05 Å². The lowest BCUT2D eigenvalue weighted by molar-refractivity contribution is 0.0686. The number of likely N-dealkylation sites (N-methyl/N-ethyl adjacent to an activating group) is 1. The van der Waals surface area contributed by atoms with Crippen LogP contribution in [0.25, 0.3) is 0 Å². The summed E-state index contributed by atoms with van der Waals surface area (Å²) in [6.45, 7) is 0.323. The van der Waals surface area contributed by atoms with Crippen molar-refractivity contribution in [2.45, 2.75) is 17.4 Å². The van der Waals surface area contributed by atoms with Gasteiger partial charge in [-0.2, -0.15) is 0 Å². The molecule has 1 atom stereocenters. The number of hydrogen-bond donors (Lipinski definition) is 1. The lowest BCUT2D eigenvalue weighted by Crippen LogP contribution is -2.47. The highest BCUT2D eigenvalue weighted by molar-refractivity contribution is 7.92. The molecule has 8 heteroatoms. The number of anilines is 1. The van der Waals surface area contributed by atoms with Gasteiger partial charge in [0.25, 0.3) is 10.0 Å². The van der Waals surface area contributed by atoms with E-state index in [-0.39, 0.29) is 16.6 Å². The zero-order valence-corrected chi connectivity index (χ0v) is 15.2. The number of carbonyl (C=O) groups is 1. The highest BCUT2D eigenvalue weighted by atomic mass is 32.2. The fourth-order valence-corrected chi connectivity index (χ4v) is 4.74. The molecule has 0 saturated carbocycles. The number of fused-ring (bicyclic) bond motifs is 1. The number of hydrogen-bond acceptors (Lipinski definition) is 4. The molecule has 3 rings (SSSR count). The van der Waals surface area contributed by atoms with Gasteiger partial charge in [0.1, 0.15) is 10.6 Å². The summed E-state index contributed by atoms with van der Waals surface area (Å²) in [5, 5.41) is 9.19. The van der Waals surface area contributed by atoms with E-state index in [1.54, 1.807) is 6.07 Å². The van der Waals surface area contributed by atoms with Crippen LogP contribution in [0.1, 0.15) is 16.1 Å². The van der Waals surface area contributed by atoms with E-state index in [9.17, 15) is 18.3 Å². The SMILES string of the molecule is CN(C)C1Cc2ccccc2N(S(=O)(=O)c2cc(C(=O)O)n(C)c2)C1. The molecule has 1 aromatic heterocycles. The third kappa shape index (κ3) is 3.03. The molecule has 0 spiro atoms. The number of rotatable bonds is 4. The van der Waals surface area contributed by atoms with Crippen molar-refractivity contribution < 1.29 is 18.3 Å². The number of carboxylic acids is 1. The molecule has 1 aromatic carbocycles. The maximum atomic E-state index is 13.2. The van der Waals surface area contributed by atoms with Crippen LogP contribution in [0.5, 0.6) is 0 Å². The minimum absolute atomic E-state index is 0.0124. The van der Waals surface area contributed by atoms with Gasteiger partial charge in [0.15, 0.2) is 0 Å². The van der Waals surface area contributed by atoms with Gasteiger partial charge >= 0.3 is 5.97 Å². The third-order valence-corrected chi connectivity index (χ3v) is 6.35. The number of aromatic carboxylic acids is 1. The molecule has 1 unspecified atom stereocenters. The number of carboxylic acid groups (broad SMARTS) is 1. The number of sulfonamides is 1. The maximum absolute atomic E-state index is 13.2. The molecule has 1 aliphatic heterocycles. The molecule has 0 saturated heterocycles. The molecule has 2 heterocycles. The van der Waals surface area contributed by atoms with Gasteiger partial charge in [-0.3, -0.25) is 4.31 Å². The van der Waals surface area contributed by atoms with E-state index in [4.69, 9.17) is 0 Å². The summed E-state index contributed by atoms with van der Waals surface area (Å²) in [4.78, 5) is 13.2. The predicted molar refractivity (Wildman–Crippen MR) is 94.5 cm³/mol. The molecule has 2 aromatic rings. The van der Waals surface area contributed by atoms with E-state index in [2.05, 4.69) is 0 Å². The average Bonchev–Trinajstić information content (AvgIpc) is 2.96. The normalized spacial score (nSPS) is 17.6. The van der Waals surface area contributed by atoms with Crippen LogP contribution >= 0.6 is 0 Å². The molecule has 0 fully saturated rings. The fourth-order valence-electron chi connectivity index (χ4n) is 3.12. The Morgan fingerprint density at radius 2 is 1.96 bits per heavy atom. The standard InChI is InChI=1S/C17H21N3O4S/c1-18(2)13-8-12-6-4-5-7-15(12)20(10-13)25(23,24)14-9-16(17(21)22)19(3)11-14/h4-7,9,11,13H,8,10H2,1-3H3,(H,21,22). The van der Waals surface area contributed by atoms with Gasteiger partial charge in [-0.05, 0) is 38.2 Å². The lowest BCUT2D eigenvalue weighted by Gasteiger charge is -2.37. The van der Waals surface area contributed by atoms with Gasteiger partial charge in [-0.15, -0.1) is 0 Å². The summed E-state index contributed by atoms with van der Waals surface area (Å²) in [6, 6.07) is 8.69. The first-order valence-corrected chi connectivity index (χ1v) is 9.32. The van der Waals surface area contributed by atoms with Gasteiger partial charge in [0.05, 0.1) is 12.2 Å². The third-order valence-electron chi connectivity index (χ3n) is 4.61. The molecule has 134 valence electrons. The maximum Gasteiger partial charge on any atom is 0.352 e. The van der Waals surface area contributed by atoms with Gasteiger partial charge in [-0.25, -0.2) is 13.2 Å². The van der Waals surface area contributed by atoms with Crippen molar-refractivity contribution in [2.75, 3.05) is 24.9 Å². The van der Waals surface area contributed by atoms with Crippen LogP contribution in [0, 0.1) is 0 Å². The van der Waals surface area contributed by atoms with Crippen LogP contribution in [0.4, 0.5) is 5.69 Å². The largest absolute Gasteiger partial charge is 0.477 e. The van der Waals surface area contributed by atoms with E-state index in [0.29, 0.717) is 12.2 Å². The molecule has 0 bridgehead atoms. The number of para-hydroxylation sites is 1. The Morgan fingerprint density at radius 1 is 1.28 bits per heavy atom. The van der Waals surface area contributed by atoms with Crippen molar-refractivity contribution in [1.29, 1.82) is 0 Å². The fraction of sp³-hybridized carbons (Fsp3) is 0.353. The number of benzene rings is 1. The van der Waals surface area contributed by atoms with Crippen molar-refractivity contribution in [3.8, 4) is 0 Å². The van der Waals surface area contributed by atoms with E-state index >= 15 is 0 Å². The van der Waals surface area contributed by atoms with Gasteiger partial charge in [0.2, 0.25) is 0 Å². The minimum Gasteiger partial charge on any atom is -0.477 e. The first kappa shape index (κ1) is 17.5. The van der Waals surface area contributed by atoms with E-state index in [1.807, 2.05) is 37.2 Å². The van der Waals surface area contributed by atoms with E-state index in [0.717, 1.165) is 12.0 Å². The lowest BCUT2D eigenvalue weighted by atomic mass is 9.99. The zero-order valence-electron chi connectivity index (χ0n) is 14.4. The van der Waals surface area contributed by atoms with Crippen LogP contribution in [0.2, 0.25) is 0 Å². The Kier molecular flexibility index (Phi) is 4.34. The molecule has 1 aliphatic rings. The summed E-state index contributed by atoms with van der Waals surface area (Å²) in [6.07, 6.45) is 2.12. The summed E-state index contributed by atoms with van der Waals surface area (Å²) < 4.78 is 29.1. The Bertz CT molecular complexity index is 918. The van der Waals surface area contributed by atoms with E-state index in [1.165, 1.54) is 28.2 Å². The van der Waals surface area contributed by atoms with Gasteiger partial charge in [-0.1, -0.05) is 18.2 Å². The number of aryl methyl sites for hydroxylation is 1. The van der Waals surface area contributed by atoms with Crippen LogP contribution in [-0.4, -0.2) is 55.6 Å². The molecular formula is C17H21N3O4S. The van der Waals surface area contributed by atoms with Crippen molar-refractivity contribution in [3.05, 3.63) is 47.8 Å². The van der Waals surface area contributed by atoms with Crippen LogP contribution < -0.4 is 4.31 Å². The average molecular weight is 363 g/mol. The summed E-state index contributed by atoms with van der Waals surface area (Å²) in [7, 11) is 1.52. The number of aromatic nitrogens is 1. The molecule has 25 heavy (non-hydrogen) atoms. The summed E-state index contributed by atoms with van der Waals surface area (Å²) in [5.41, 5.74) is 1.56. The Labute approximate surface area is 147 Å². The van der Waals surface area contributed by atoms with Crippen molar-refractivity contribution >= 4 is 21.7 Å². The quantitative estimate of drug-likeness (QED) is 0.888. The highest BCUT2D eigenvalue weighted by Gasteiger charge is 2.35. The Hall–Kier alpha value is -2.32. The summed E-state index contributed by atoms with van der Waals surface area (Å²) >= 11 is 0. The predicted octanol–water partition coefficient (Wildman–Crippen LogP) is 1.40. The monoisotopic (exact) mass is 363 g/mol. The van der Waals surface area contributed by atoms with Crippen LogP contribution in [0.3, 0.4) is 0 Å². The minimum atomic E-state index is -3.85. The van der Waals surface area contributed by atoms with Crippen LogP contribution in [0.15, 0.2) is 41.4 Å². The second-order valence-corrected chi connectivity index (χ2v) is 8.33. The molecular weight excluding hydrogens is 342 g/mol. The van der Waals surface area contributed by atoms with Crippen LogP contribution in [-0.2, 0) is 23.5 Å². The number of nitrogens with zero attached hydrogens (tertiary/aromatic N) is 3. The summed E-state index contributed by atoms with van der Waals surface area (Å²) in [5.74, 6) is -1.16. The first-order valence-electron chi connectivity index (χ1n) is 7.88. The van der Waals surface area contributed by atoms with Gasteiger partial charge in [0, 0.05) is 19.3 Å². The Morgan fingerprint density at radius 3 is 2.56 bits per heavy atom. The smallest absolute Gasteiger partial charge is 0.352 e. The first-order chi connectivity index (χ1) is 11.7. The Balaban J connectivity index is 2.10. The molecule has 7 nitrogen and oxygen atoms in total. The van der Waals surface area contributed by atoms with Crippen molar-refractivity contribution in [3.63, 3.8) is 0 Å². The highest BCUT2D eigenvalue weighted by Crippen LogP contribution is 2.33. The van der Waals surface area contributed by atoms with Crippen molar-refractivity contribution in [1.82, 2.24) is 9.47 Å². The second kappa shape index (κ2) is 6.20. The van der Waals surface area contributed by atoms with E-state index < -0.39 is 16.0 Å². The topological polar surface area (TPSA) is 82.8 Å². The molecule has 0 radical (unpaired) electrons.